The minimum Gasteiger partial charge on any atom is -0.479 e. The number of carboxylic acids is 2. The summed E-state index contributed by atoms with van der Waals surface area (Å²) in [6.07, 6.45) is 6.57. The summed E-state index contributed by atoms with van der Waals surface area (Å²) in [5.41, 5.74) is 3.28. The monoisotopic (exact) mass is 614 g/mol. The van der Waals surface area contributed by atoms with Crippen molar-refractivity contribution in [2.75, 3.05) is 23.4 Å². The van der Waals surface area contributed by atoms with Crippen LogP contribution in [0.4, 0.5) is 16.2 Å². The van der Waals surface area contributed by atoms with Crippen LogP contribution < -0.4 is 15.0 Å². The molecule has 1 aliphatic carbocycles. The molecule has 1 heterocycles. The van der Waals surface area contributed by atoms with E-state index in [4.69, 9.17) is 9.84 Å². The van der Waals surface area contributed by atoms with Crippen molar-refractivity contribution in [1.29, 1.82) is 0 Å². The third-order valence-corrected chi connectivity index (χ3v) is 9.01. The summed E-state index contributed by atoms with van der Waals surface area (Å²) in [4.78, 5) is 38.7. The van der Waals surface area contributed by atoms with Crippen LogP contribution in [0, 0.1) is 5.92 Å². The maximum atomic E-state index is 13.6. The van der Waals surface area contributed by atoms with Gasteiger partial charge >= 0.3 is 18.0 Å². The number of anilines is 2. The summed E-state index contributed by atoms with van der Waals surface area (Å²) >= 11 is 4.41. The number of halogens is 1. The fraction of sp³-hybridized carbons (Fsp3) is 0.345. The summed E-state index contributed by atoms with van der Waals surface area (Å²) in [5, 5.41) is 21.7. The first-order chi connectivity index (χ1) is 18.8. The van der Waals surface area contributed by atoms with Crippen molar-refractivity contribution in [1.82, 2.24) is 0 Å². The standard InChI is InChI=1S/C29H31BrN2O6S/c1-2-18-11-13-21(14-12-18)31-29(37)32(16-19-7-4-3-5-8-19)22-10-6-9-20(15-22)26-24(30)25(38-17-23(33)34)27(39-26)28(35)36/h6,9-15,19H,2-5,7-8,16-17H2,1H3,(H,31,37)(H,33,34)(H,35,36). The molecule has 2 aromatic carbocycles. The number of carboxylic acid groups (broad SMARTS) is 2. The Hall–Kier alpha value is -3.37. The Labute approximate surface area is 239 Å². The van der Waals surface area contributed by atoms with Crippen molar-refractivity contribution in [2.24, 2.45) is 5.92 Å². The second kappa shape index (κ2) is 13.1. The Bertz CT molecular complexity index is 1330. The molecule has 1 fully saturated rings. The zero-order chi connectivity index (χ0) is 27.9. The Kier molecular flexibility index (Phi) is 9.63. The van der Waals surface area contributed by atoms with Gasteiger partial charge < -0.3 is 20.3 Å². The number of aryl methyl sites for hydroxylation is 1. The second-order valence-electron chi connectivity index (χ2n) is 9.54. The van der Waals surface area contributed by atoms with E-state index in [1.807, 2.05) is 48.5 Å². The molecule has 0 spiro atoms. The predicted molar refractivity (Wildman–Crippen MR) is 156 cm³/mol. The molecule has 8 nitrogen and oxygen atoms in total. The van der Waals surface area contributed by atoms with Crippen LogP contribution >= 0.6 is 27.3 Å². The number of carbonyl (C=O) groups excluding carboxylic acids is 1. The maximum absolute atomic E-state index is 13.6. The number of nitrogens with zero attached hydrogens (tertiary/aromatic N) is 1. The fourth-order valence-corrected chi connectivity index (χ4v) is 6.64. The lowest BCUT2D eigenvalue weighted by molar-refractivity contribution is -0.139. The van der Waals surface area contributed by atoms with Crippen molar-refractivity contribution in [3.05, 3.63) is 63.4 Å². The van der Waals surface area contributed by atoms with Crippen molar-refractivity contribution >= 4 is 56.6 Å². The summed E-state index contributed by atoms with van der Waals surface area (Å²) in [7, 11) is 0. The van der Waals surface area contributed by atoms with Gasteiger partial charge in [-0.1, -0.05) is 50.5 Å². The van der Waals surface area contributed by atoms with Gasteiger partial charge in [0.1, 0.15) is 0 Å². The maximum Gasteiger partial charge on any atom is 0.349 e. The zero-order valence-corrected chi connectivity index (χ0v) is 24.0. The van der Waals surface area contributed by atoms with E-state index >= 15 is 0 Å². The molecule has 1 aromatic heterocycles. The average molecular weight is 616 g/mol. The van der Waals surface area contributed by atoms with Crippen LogP contribution in [0.15, 0.2) is 53.0 Å². The van der Waals surface area contributed by atoms with E-state index in [9.17, 15) is 19.5 Å². The molecule has 1 saturated carbocycles. The third-order valence-electron chi connectivity index (χ3n) is 6.79. The van der Waals surface area contributed by atoms with Crippen LogP contribution in [0.25, 0.3) is 10.4 Å². The molecule has 0 bridgehead atoms. The molecule has 2 amide bonds. The minimum absolute atomic E-state index is 0.0253. The van der Waals surface area contributed by atoms with Crippen LogP contribution in [0.2, 0.25) is 0 Å². The first-order valence-electron chi connectivity index (χ1n) is 12.9. The van der Waals surface area contributed by atoms with Crippen LogP contribution in [0.1, 0.15) is 54.3 Å². The summed E-state index contributed by atoms with van der Waals surface area (Å²) in [6.45, 7) is 1.99. The number of hydrogen-bond acceptors (Lipinski definition) is 5. The zero-order valence-electron chi connectivity index (χ0n) is 21.6. The van der Waals surface area contributed by atoms with Crippen LogP contribution in [0.3, 0.4) is 0 Å². The number of nitrogens with one attached hydrogen (secondary N) is 1. The highest BCUT2D eigenvalue weighted by Gasteiger charge is 2.26. The summed E-state index contributed by atoms with van der Waals surface area (Å²) in [6, 6.07) is 14.9. The van der Waals surface area contributed by atoms with Gasteiger partial charge in [-0.2, -0.15) is 0 Å². The van der Waals surface area contributed by atoms with E-state index in [0.717, 1.165) is 43.4 Å². The fourth-order valence-electron chi connectivity index (χ4n) is 4.75. The number of hydrogen-bond donors (Lipinski definition) is 3. The van der Waals surface area contributed by atoms with E-state index in [0.29, 0.717) is 38.8 Å². The highest BCUT2D eigenvalue weighted by molar-refractivity contribution is 9.10. The smallest absolute Gasteiger partial charge is 0.349 e. The van der Waals surface area contributed by atoms with E-state index in [2.05, 4.69) is 28.2 Å². The number of rotatable bonds is 10. The number of urea groups is 1. The topological polar surface area (TPSA) is 116 Å². The van der Waals surface area contributed by atoms with Crippen LogP contribution in [-0.2, 0) is 11.2 Å². The van der Waals surface area contributed by atoms with Crippen LogP contribution in [0.5, 0.6) is 5.75 Å². The lowest BCUT2D eigenvalue weighted by atomic mass is 9.89. The molecule has 0 aliphatic heterocycles. The highest BCUT2D eigenvalue weighted by Crippen LogP contribution is 2.46. The van der Waals surface area contributed by atoms with Gasteiger partial charge in [0, 0.05) is 17.9 Å². The number of aromatic carboxylic acids is 1. The van der Waals surface area contributed by atoms with E-state index < -0.39 is 18.5 Å². The lowest BCUT2D eigenvalue weighted by Gasteiger charge is -2.30. The van der Waals surface area contributed by atoms with Crippen LogP contribution in [-0.4, -0.2) is 41.3 Å². The molecule has 0 unspecified atom stereocenters. The first-order valence-corrected chi connectivity index (χ1v) is 14.6. The Morgan fingerprint density at radius 1 is 1.08 bits per heavy atom. The molecule has 0 radical (unpaired) electrons. The van der Waals surface area contributed by atoms with E-state index in [1.54, 1.807) is 4.90 Å². The Morgan fingerprint density at radius 3 is 2.44 bits per heavy atom. The Morgan fingerprint density at radius 2 is 1.79 bits per heavy atom. The Balaban J connectivity index is 1.67. The van der Waals surface area contributed by atoms with Crippen molar-refractivity contribution in [3.8, 4) is 16.2 Å². The quantitative estimate of drug-likeness (QED) is 0.217. The number of benzene rings is 2. The number of ether oxygens (including phenoxy) is 1. The third kappa shape index (κ3) is 7.19. The van der Waals surface area contributed by atoms with Gasteiger partial charge in [0.25, 0.3) is 0 Å². The minimum atomic E-state index is -1.21. The van der Waals surface area contributed by atoms with Crippen molar-refractivity contribution in [3.63, 3.8) is 0 Å². The lowest BCUT2D eigenvalue weighted by Crippen LogP contribution is -2.39. The molecular weight excluding hydrogens is 584 g/mol. The van der Waals surface area contributed by atoms with E-state index in [-0.39, 0.29) is 16.7 Å². The van der Waals surface area contributed by atoms with Gasteiger partial charge in [-0.05, 0) is 76.5 Å². The number of aliphatic carboxylic acids is 1. The summed E-state index contributed by atoms with van der Waals surface area (Å²) < 4.78 is 5.66. The van der Waals surface area contributed by atoms with Crippen molar-refractivity contribution in [2.45, 2.75) is 45.4 Å². The molecule has 4 rings (SSSR count). The molecule has 1 aliphatic rings. The van der Waals surface area contributed by atoms with Gasteiger partial charge in [0.05, 0.1) is 9.35 Å². The summed E-state index contributed by atoms with van der Waals surface area (Å²) in [5.74, 6) is -2.06. The molecule has 0 atom stereocenters. The van der Waals surface area contributed by atoms with Gasteiger partial charge in [-0.15, -0.1) is 11.3 Å². The highest BCUT2D eigenvalue weighted by atomic mass is 79.9. The number of carbonyl (C=O) groups is 3. The van der Waals surface area contributed by atoms with Gasteiger partial charge in [-0.25, -0.2) is 14.4 Å². The number of amides is 2. The molecule has 206 valence electrons. The molecule has 0 saturated heterocycles. The van der Waals surface area contributed by atoms with Crippen molar-refractivity contribution < 1.29 is 29.3 Å². The van der Waals surface area contributed by atoms with Gasteiger partial charge in [-0.3, -0.25) is 4.90 Å². The molecule has 10 heteroatoms. The van der Waals surface area contributed by atoms with Gasteiger partial charge in [0.2, 0.25) is 0 Å². The predicted octanol–water partition coefficient (Wildman–Crippen LogP) is 7.52. The normalized spacial score (nSPS) is 13.6. The molecule has 3 N–H and O–H groups in total. The molecule has 39 heavy (non-hydrogen) atoms. The largest absolute Gasteiger partial charge is 0.479 e. The van der Waals surface area contributed by atoms with E-state index in [1.165, 1.54) is 12.0 Å². The SMILES string of the molecule is CCc1ccc(NC(=O)N(CC2CCCCC2)c2cccc(-c3sc(C(=O)O)c(OCC(=O)O)c3Br)c2)cc1. The molecule has 3 aromatic rings. The number of thiophene rings is 1. The second-order valence-corrected chi connectivity index (χ2v) is 11.4. The average Bonchev–Trinajstić information content (AvgIpc) is 3.27. The first kappa shape index (κ1) is 28.6. The molecular formula is C29H31BrN2O6S. The van der Waals surface area contributed by atoms with Gasteiger partial charge in [0.15, 0.2) is 17.2 Å².